The van der Waals surface area contributed by atoms with E-state index in [1.807, 2.05) is 26.0 Å². The second-order valence-corrected chi connectivity index (χ2v) is 6.09. The first kappa shape index (κ1) is 13.8. The maximum absolute atomic E-state index is 12.3. The lowest BCUT2D eigenvalue weighted by Gasteiger charge is -2.15. The second kappa shape index (κ2) is 5.16. The molecule has 0 saturated heterocycles. The van der Waals surface area contributed by atoms with Crippen LogP contribution < -0.4 is 0 Å². The summed E-state index contributed by atoms with van der Waals surface area (Å²) in [7, 11) is 0. The predicted octanol–water partition coefficient (Wildman–Crippen LogP) is 3.14. The van der Waals surface area contributed by atoms with Crippen molar-refractivity contribution < 1.29 is 9.59 Å². The van der Waals surface area contributed by atoms with Crippen LogP contribution in [0.1, 0.15) is 54.0 Å². The molecule has 0 fully saturated rings. The van der Waals surface area contributed by atoms with E-state index >= 15 is 0 Å². The molecule has 1 aromatic rings. The Hall–Kier alpha value is -1.64. The van der Waals surface area contributed by atoms with Crippen LogP contribution in [-0.4, -0.2) is 23.3 Å². The van der Waals surface area contributed by atoms with Crippen LogP contribution in [-0.2, 0) is 6.42 Å². The van der Waals surface area contributed by atoms with Gasteiger partial charge in [0.2, 0.25) is 0 Å². The Morgan fingerprint density at radius 3 is 2.16 bits per heavy atom. The molecule has 0 spiro atoms. The Balaban J connectivity index is 2.31. The molecule has 1 aliphatic rings. The van der Waals surface area contributed by atoms with E-state index in [4.69, 9.17) is 0 Å². The number of nitrogens with zero attached hydrogens (tertiary/aromatic N) is 1. The minimum atomic E-state index is -0.148. The molecule has 1 aliphatic heterocycles. The molecule has 19 heavy (non-hydrogen) atoms. The molecule has 0 atom stereocenters. The van der Waals surface area contributed by atoms with Gasteiger partial charge in [0.1, 0.15) is 0 Å². The number of imide groups is 1. The average molecular weight is 259 g/mol. The van der Waals surface area contributed by atoms with Crippen LogP contribution in [0.3, 0.4) is 0 Å². The minimum absolute atomic E-state index is 0.140. The van der Waals surface area contributed by atoms with Gasteiger partial charge in [-0.05, 0) is 36.0 Å². The molecule has 1 aromatic carbocycles. The van der Waals surface area contributed by atoms with Gasteiger partial charge in [0.15, 0.2) is 0 Å². The largest absolute Gasteiger partial charge is 0.274 e. The van der Waals surface area contributed by atoms with Gasteiger partial charge in [-0.25, -0.2) is 0 Å². The summed E-state index contributed by atoms with van der Waals surface area (Å²) in [6.07, 6.45) is 0.929. The van der Waals surface area contributed by atoms with E-state index < -0.39 is 0 Å². The van der Waals surface area contributed by atoms with Gasteiger partial charge in [-0.2, -0.15) is 0 Å². The van der Waals surface area contributed by atoms with Crippen LogP contribution in [0.2, 0.25) is 0 Å². The van der Waals surface area contributed by atoms with Gasteiger partial charge in [-0.1, -0.05) is 33.8 Å². The van der Waals surface area contributed by atoms with Crippen molar-refractivity contribution in [2.24, 2.45) is 11.8 Å². The Kier molecular flexibility index (Phi) is 3.74. The molecule has 3 heteroatoms. The lowest BCUT2D eigenvalue weighted by atomic mass is 9.99. The van der Waals surface area contributed by atoms with E-state index in [2.05, 4.69) is 13.8 Å². The van der Waals surface area contributed by atoms with Crippen LogP contribution in [0.5, 0.6) is 0 Å². The number of benzene rings is 1. The van der Waals surface area contributed by atoms with Gasteiger partial charge in [0.05, 0.1) is 11.1 Å². The highest BCUT2D eigenvalue weighted by atomic mass is 16.2. The van der Waals surface area contributed by atoms with E-state index in [0.29, 0.717) is 23.6 Å². The Morgan fingerprint density at radius 2 is 1.58 bits per heavy atom. The van der Waals surface area contributed by atoms with Crippen LogP contribution in [0.15, 0.2) is 18.2 Å². The van der Waals surface area contributed by atoms with Gasteiger partial charge < -0.3 is 0 Å². The number of hydrogen-bond donors (Lipinski definition) is 0. The van der Waals surface area contributed by atoms with Crippen molar-refractivity contribution in [3.05, 3.63) is 34.9 Å². The number of rotatable bonds is 4. The monoisotopic (exact) mass is 259 g/mol. The van der Waals surface area contributed by atoms with Crippen molar-refractivity contribution in [3.8, 4) is 0 Å². The lowest BCUT2D eigenvalue weighted by Crippen LogP contribution is -2.33. The van der Waals surface area contributed by atoms with E-state index in [1.165, 1.54) is 4.90 Å². The molecule has 0 aliphatic carbocycles. The van der Waals surface area contributed by atoms with Gasteiger partial charge in [-0.15, -0.1) is 0 Å². The third-order valence-corrected chi connectivity index (χ3v) is 3.23. The SMILES string of the molecule is CC(C)Cc1ccc2c(c1)C(=O)N(CC(C)C)C2=O. The van der Waals surface area contributed by atoms with Gasteiger partial charge >= 0.3 is 0 Å². The van der Waals surface area contributed by atoms with E-state index in [0.717, 1.165) is 12.0 Å². The maximum atomic E-state index is 12.3. The molecule has 3 nitrogen and oxygen atoms in total. The van der Waals surface area contributed by atoms with Crippen molar-refractivity contribution in [2.45, 2.75) is 34.1 Å². The smallest absolute Gasteiger partial charge is 0.261 e. The van der Waals surface area contributed by atoms with Gasteiger partial charge in [0.25, 0.3) is 11.8 Å². The van der Waals surface area contributed by atoms with Crippen LogP contribution in [0.4, 0.5) is 0 Å². The van der Waals surface area contributed by atoms with E-state index in [1.54, 1.807) is 6.07 Å². The van der Waals surface area contributed by atoms with Crippen LogP contribution in [0, 0.1) is 11.8 Å². The number of carbonyl (C=O) groups is 2. The summed E-state index contributed by atoms with van der Waals surface area (Å²) in [6.45, 7) is 8.80. The third kappa shape index (κ3) is 2.70. The summed E-state index contributed by atoms with van der Waals surface area (Å²) in [5.41, 5.74) is 2.25. The molecule has 102 valence electrons. The summed E-state index contributed by atoms with van der Waals surface area (Å²) < 4.78 is 0. The highest BCUT2D eigenvalue weighted by Gasteiger charge is 2.35. The minimum Gasteiger partial charge on any atom is -0.274 e. The first-order chi connectivity index (χ1) is 8.90. The van der Waals surface area contributed by atoms with Crippen molar-refractivity contribution >= 4 is 11.8 Å². The highest BCUT2D eigenvalue weighted by molar-refractivity contribution is 6.21. The number of carbonyl (C=O) groups excluding carboxylic acids is 2. The van der Waals surface area contributed by atoms with E-state index in [-0.39, 0.29) is 17.7 Å². The first-order valence-electron chi connectivity index (χ1n) is 6.89. The molecule has 0 bridgehead atoms. The predicted molar refractivity (Wildman–Crippen MR) is 75.2 cm³/mol. The van der Waals surface area contributed by atoms with Gasteiger partial charge in [-0.3, -0.25) is 14.5 Å². The third-order valence-electron chi connectivity index (χ3n) is 3.23. The summed E-state index contributed by atoms with van der Waals surface area (Å²) in [6, 6.07) is 5.65. The Labute approximate surface area is 114 Å². The molecule has 0 N–H and O–H groups in total. The topological polar surface area (TPSA) is 37.4 Å². The summed E-state index contributed by atoms with van der Waals surface area (Å²) in [5.74, 6) is 0.540. The highest BCUT2D eigenvalue weighted by Crippen LogP contribution is 2.25. The normalized spacial score (nSPS) is 14.7. The molecule has 0 unspecified atom stereocenters. The molecule has 2 rings (SSSR count). The Morgan fingerprint density at radius 1 is 0.947 bits per heavy atom. The quantitative estimate of drug-likeness (QED) is 0.779. The molecule has 1 heterocycles. The fourth-order valence-electron chi connectivity index (χ4n) is 2.47. The fourth-order valence-corrected chi connectivity index (χ4v) is 2.47. The average Bonchev–Trinajstić information content (AvgIpc) is 2.53. The molecular formula is C16H21NO2. The fraction of sp³-hybridized carbons (Fsp3) is 0.500. The van der Waals surface area contributed by atoms with Crippen LogP contribution >= 0.6 is 0 Å². The number of fused-ring (bicyclic) bond motifs is 1. The zero-order valence-electron chi connectivity index (χ0n) is 12.1. The van der Waals surface area contributed by atoms with E-state index in [9.17, 15) is 9.59 Å². The van der Waals surface area contributed by atoms with Crippen molar-refractivity contribution in [1.29, 1.82) is 0 Å². The summed E-state index contributed by atoms with van der Waals surface area (Å²) in [4.78, 5) is 25.8. The van der Waals surface area contributed by atoms with Crippen molar-refractivity contribution in [3.63, 3.8) is 0 Å². The number of hydrogen-bond acceptors (Lipinski definition) is 2. The standard InChI is InChI=1S/C16H21NO2/c1-10(2)7-12-5-6-13-14(8-12)16(19)17(15(13)18)9-11(3)4/h5-6,8,10-11H,7,9H2,1-4H3. The number of amides is 2. The summed E-state index contributed by atoms with van der Waals surface area (Å²) in [5, 5.41) is 0. The van der Waals surface area contributed by atoms with Crippen molar-refractivity contribution in [1.82, 2.24) is 4.90 Å². The van der Waals surface area contributed by atoms with Crippen molar-refractivity contribution in [2.75, 3.05) is 6.54 Å². The summed E-state index contributed by atoms with van der Waals surface area (Å²) >= 11 is 0. The van der Waals surface area contributed by atoms with Crippen LogP contribution in [0.25, 0.3) is 0 Å². The molecule has 0 saturated carbocycles. The molecule has 2 amide bonds. The van der Waals surface area contributed by atoms with Gasteiger partial charge in [0, 0.05) is 6.54 Å². The molecule has 0 aromatic heterocycles. The lowest BCUT2D eigenvalue weighted by molar-refractivity contribution is 0.0636. The molecule has 0 radical (unpaired) electrons. The molecular weight excluding hydrogens is 238 g/mol. The second-order valence-electron chi connectivity index (χ2n) is 6.09. The maximum Gasteiger partial charge on any atom is 0.261 e. The first-order valence-corrected chi connectivity index (χ1v) is 6.89. The zero-order chi connectivity index (χ0) is 14.2. The zero-order valence-corrected chi connectivity index (χ0v) is 12.1. The Bertz CT molecular complexity index is 517.